The fourth-order valence-electron chi connectivity index (χ4n) is 2.32. The van der Waals surface area contributed by atoms with Crippen molar-refractivity contribution in [1.29, 1.82) is 0 Å². The van der Waals surface area contributed by atoms with Gasteiger partial charge in [0.2, 0.25) is 0 Å². The largest absolute Gasteiger partial charge is 0.460 e. The van der Waals surface area contributed by atoms with Crippen molar-refractivity contribution in [2.24, 2.45) is 0 Å². The minimum absolute atomic E-state index is 0.246. The molecule has 4 heteroatoms. The lowest BCUT2D eigenvalue weighted by Gasteiger charge is -2.20. The molecule has 2 rings (SSSR count). The Morgan fingerprint density at radius 2 is 2.20 bits per heavy atom. The number of fused-ring (bicyclic) bond motifs is 1. The van der Waals surface area contributed by atoms with Crippen LogP contribution in [0.4, 0.5) is 5.69 Å². The van der Waals surface area contributed by atoms with Crippen LogP contribution in [0.3, 0.4) is 0 Å². The lowest BCUT2D eigenvalue weighted by atomic mass is 9.98. The number of rotatable bonds is 7. The number of hydrogen-bond acceptors (Lipinski definition) is 4. The van der Waals surface area contributed by atoms with Crippen LogP contribution in [0.15, 0.2) is 18.2 Å². The van der Waals surface area contributed by atoms with Crippen molar-refractivity contribution in [3.63, 3.8) is 0 Å². The average Bonchev–Trinajstić information content (AvgIpc) is 2.50. The lowest BCUT2D eigenvalue weighted by Crippen LogP contribution is -2.18. The van der Waals surface area contributed by atoms with Gasteiger partial charge >= 0.3 is 5.97 Å². The molecule has 1 heterocycles. The van der Waals surface area contributed by atoms with Crippen LogP contribution in [0.1, 0.15) is 42.1 Å². The molecule has 0 bridgehead atoms. The Bertz CT molecular complexity index is 445. The molecule has 20 heavy (non-hydrogen) atoms. The van der Waals surface area contributed by atoms with Crippen molar-refractivity contribution in [2.75, 3.05) is 31.7 Å². The zero-order chi connectivity index (χ0) is 14.2. The predicted molar refractivity (Wildman–Crippen MR) is 79.3 cm³/mol. The molecule has 0 spiro atoms. The third-order valence-corrected chi connectivity index (χ3v) is 3.42. The minimum Gasteiger partial charge on any atom is -0.460 e. The summed E-state index contributed by atoms with van der Waals surface area (Å²) in [5.41, 5.74) is 2.82. The SMILES string of the molecule is CCCCOCCOC(=O)c1cccc2c1CCCN2. The Labute approximate surface area is 120 Å². The monoisotopic (exact) mass is 277 g/mol. The van der Waals surface area contributed by atoms with Gasteiger partial charge in [-0.05, 0) is 37.0 Å². The molecule has 1 aliphatic heterocycles. The highest BCUT2D eigenvalue weighted by molar-refractivity contribution is 5.93. The van der Waals surface area contributed by atoms with Crippen LogP contribution in [0.2, 0.25) is 0 Å². The summed E-state index contributed by atoms with van der Waals surface area (Å²) in [6.07, 6.45) is 4.15. The molecule has 4 nitrogen and oxygen atoms in total. The second-order valence-electron chi connectivity index (χ2n) is 4.96. The molecule has 0 unspecified atom stereocenters. The summed E-state index contributed by atoms with van der Waals surface area (Å²) in [5, 5.41) is 3.32. The van der Waals surface area contributed by atoms with Crippen LogP contribution < -0.4 is 5.32 Å². The number of carbonyl (C=O) groups is 1. The Morgan fingerprint density at radius 3 is 3.05 bits per heavy atom. The highest BCUT2D eigenvalue weighted by Gasteiger charge is 2.18. The van der Waals surface area contributed by atoms with E-state index in [0.717, 1.165) is 50.1 Å². The number of carbonyl (C=O) groups excluding carboxylic acids is 1. The predicted octanol–water partition coefficient (Wildman–Crippen LogP) is 3.02. The van der Waals surface area contributed by atoms with Crippen LogP contribution in [0.5, 0.6) is 0 Å². The summed E-state index contributed by atoms with van der Waals surface area (Å²) in [4.78, 5) is 12.1. The average molecular weight is 277 g/mol. The first-order valence-electron chi connectivity index (χ1n) is 7.43. The molecule has 110 valence electrons. The quantitative estimate of drug-likeness (QED) is 0.615. The fraction of sp³-hybridized carbons (Fsp3) is 0.562. The fourth-order valence-corrected chi connectivity index (χ4v) is 2.32. The second-order valence-corrected chi connectivity index (χ2v) is 4.96. The van der Waals surface area contributed by atoms with Crippen LogP contribution in [0, 0.1) is 0 Å². The van der Waals surface area contributed by atoms with Gasteiger partial charge in [-0.3, -0.25) is 0 Å². The normalized spacial score (nSPS) is 13.4. The molecule has 0 radical (unpaired) electrons. The molecular weight excluding hydrogens is 254 g/mol. The zero-order valence-electron chi connectivity index (χ0n) is 12.1. The molecule has 0 aromatic heterocycles. The number of hydrogen-bond donors (Lipinski definition) is 1. The zero-order valence-corrected chi connectivity index (χ0v) is 12.1. The van der Waals surface area contributed by atoms with Gasteiger partial charge in [-0.1, -0.05) is 19.4 Å². The molecule has 0 saturated heterocycles. The van der Waals surface area contributed by atoms with Gasteiger partial charge < -0.3 is 14.8 Å². The summed E-state index contributed by atoms with van der Waals surface area (Å²) in [7, 11) is 0. The summed E-state index contributed by atoms with van der Waals surface area (Å²) in [5.74, 6) is -0.246. The van der Waals surface area contributed by atoms with E-state index in [1.165, 1.54) is 0 Å². The van der Waals surface area contributed by atoms with Crippen molar-refractivity contribution < 1.29 is 14.3 Å². The van der Waals surface area contributed by atoms with Gasteiger partial charge in [-0.25, -0.2) is 4.79 Å². The van der Waals surface area contributed by atoms with E-state index >= 15 is 0 Å². The molecule has 1 aliphatic rings. The molecule has 0 amide bonds. The van der Waals surface area contributed by atoms with Crippen LogP contribution in [-0.4, -0.2) is 32.3 Å². The Kier molecular flexibility index (Phi) is 5.87. The smallest absolute Gasteiger partial charge is 0.338 e. The maximum Gasteiger partial charge on any atom is 0.338 e. The van der Waals surface area contributed by atoms with Gasteiger partial charge in [0.05, 0.1) is 12.2 Å². The summed E-state index contributed by atoms with van der Waals surface area (Å²) in [6, 6.07) is 5.75. The molecule has 0 atom stereocenters. The maximum absolute atomic E-state index is 12.1. The number of benzene rings is 1. The van der Waals surface area contributed by atoms with Gasteiger partial charge in [0.25, 0.3) is 0 Å². The van der Waals surface area contributed by atoms with Crippen molar-refractivity contribution >= 4 is 11.7 Å². The number of unbranched alkanes of at least 4 members (excludes halogenated alkanes) is 1. The van der Waals surface area contributed by atoms with E-state index in [0.29, 0.717) is 18.8 Å². The topological polar surface area (TPSA) is 47.6 Å². The first kappa shape index (κ1) is 14.9. The molecule has 1 aromatic carbocycles. The van der Waals surface area contributed by atoms with E-state index in [-0.39, 0.29) is 5.97 Å². The molecule has 0 aliphatic carbocycles. The third kappa shape index (κ3) is 3.97. The van der Waals surface area contributed by atoms with E-state index in [2.05, 4.69) is 12.2 Å². The first-order chi connectivity index (χ1) is 9.83. The van der Waals surface area contributed by atoms with Gasteiger partial charge in [-0.2, -0.15) is 0 Å². The van der Waals surface area contributed by atoms with Crippen LogP contribution in [-0.2, 0) is 15.9 Å². The van der Waals surface area contributed by atoms with Gasteiger partial charge in [0, 0.05) is 18.8 Å². The third-order valence-electron chi connectivity index (χ3n) is 3.42. The lowest BCUT2D eigenvalue weighted by molar-refractivity contribution is 0.0312. The van der Waals surface area contributed by atoms with E-state index in [1.54, 1.807) is 0 Å². The number of nitrogens with one attached hydrogen (secondary N) is 1. The summed E-state index contributed by atoms with van der Waals surface area (Å²) < 4.78 is 10.7. The highest BCUT2D eigenvalue weighted by atomic mass is 16.6. The summed E-state index contributed by atoms with van der Waals surface area (Å²) >= 11 is 0. The molecule has 0 fully saturated rings. The van der Waals surface area contributed by atoms with E-state index in [1.807, 2.05) is 18.2 Å². The van der Waals surface area contributed by atoms with Crippen LogP contribution in [0.25, 0.3) is 0 Å². The molecular formula is C16H23NO3. The van der Waals surface area contributed by atoms with Crippen LogP contribution >= 0.6 is 0 Å². The number of ether oxygens (including phenoxy) is 2. The standard InChI is InChI=1S/C16H23NO3/c1-2-3-10-19-11-12-20-16(18)14-6-4-8-15-13(14)7-5-9-17-15/h4,6,8,17H,2-3,5,7,9-12H2,1H3. The molecule has 0 saturated carbocycles. The maximum atomic E-state index is 12.1. The summed E-state index contributed by atoms with van der Waals surface area (Å²) in [6.45, 7) is 4.62. The Balaban J connectivity index is 1.83. The Hall–Kier alpha value is -1.55. The van der Waals surface area contributed by atoms with Crippen molar-refractivity contribution in [2.45, 2.75) is 32.6 Å². The van der Waals surface area contributed by atoms with E-state index in [9.17, 15) is 4.79 Å². The molecule has 1 aromatic rings. The van der Waals surface area contributed by atoms with Gasteiger partial charge in [0.1, 0.15) is 6.61 Å². The molecule has 1 N–H and O–H groups in total. The van der Waals surface area contributed by atoms with Crippen molar-refractivity contribution in [1.82, 2.24) is 0 Å². The number of esters is 1. The van der Waals surface area contributed by atoms with Gasteiger partial charge in [0.15, 0.2) is 0 Å². The van der Waals surface area contributed by atoms with Crippen molar-refractivity contribution in [3.8, 4) is 0 Å². The van der Waals surface area contributed by atoms with E-state index < -0.39 is 0 Å². The minimum atomic E-state index is -0.246. The first-order valence-corrected chi connectivity index (χ1v) is 7.43. The number of anilines is 1. The second kappa shape index (κ2) is 7.90. The highest BCUT2D eigenvalue weighted by Crippen LogP contribution is 2.25. The Morgan fingerprint density at radius 1 is 1.30 bits per heavy atom. The van der Waals surface area contributed by atoms with E-state index in [4.69, 9.17) is 9.47 Å². The van der Waals surface area contributed by atoms with Crippen molar-refractivity contribution in [3.05, 3.63) is 29.3 Å². The van der Waals surface area contributed by atoms with Gasteiger partial charge in [-0.15, -0.1) is 0 Å².